The average Bonchev–Trinajstić information content (AvgIpc) is 3.40. The maximum Gasteiger partial charge on any atom is 0.0826 e. The van der Waals surface area contributed by atoms with Crippen molar-refractivity contribution in [3.8, 4) is 11.4 Å². The van der Waals surface area contributed by atoms with Crippen LogP contribution in [0.15, 0.2) is 85.0 Å². The molecule has 2 heterocycles. The number of para-hydroxylation sites is 2. The van der Waals surface area contributed by atoms with Gasteiger partial charge in [0.05, 0.1) is 24.7 Å². The normalized spacial score (nSPS) is 17.1. The zero-order chi connectivity index (χ0) is 31.4. The monoisotopic (exact) mass is 430 g/mol. The van der Waals surface area contributed by atoms with Crippen molar-refractivity contribution < 1.29 is 13.7 Å². The smallest absolute Gasteiger partial charge is 0.0826 e. The van der Waals surface area contributed by atoms with E-state index in [0.717, 1.165) is 0 Å². The molecule has 3 aromatic carbocycles. The lowest BCUT2D eigenvalue weighted by atomic mass is 9.87. The molecule has 32 heavy (non-hydrogen) atoms. The van der Waals surface area contributed by atoms with Gasteiger partial charge in [0.15, 0.2) is 0 Å². The first-order valence-corrected chi connectivity index (χ1v) is 10.7. The summed E-state index contributed by atoms with van der Waals surface area (Å²) in [4.78, 5) is 0. The van der Waals surface area contributed by atoms with Crippen LogP contribution < -0.4 is 0 Å². The Hall–Kier alpha value is -3.26. The second-order valence-corrected chi connectivity index (χ2v) is 10.1. The maximum atomic E-state index is 9.08. The standard InChI is InChI=1S/C30H32N2/c1-29(2,3)25-19-31(27-13-9-7-11-23(25)27)21-15-17-22(18-16-21)32-20-26(30(4,5)6)24-12-8-10-14-28(24)32/h7-20H,1-6H3/i7D,8D,9D,10D,11D,12D,13D,14D,19D,20D. The van der Waals surface area contributed by atoms with E-state index in [1.54, 1.807) is 24.3 Å². The summed E-state index contributed by atoms with van der Waals surface area (Å²) in [6.45, 7) is 11.4. The molecule has 0 fully saturated rings. The van der Waals surface area contributed by atoms with Crippen LogP contribution in [0, 0.1) is 0 Å². The molecular formula is C30H32N2. The molecule has 0 unspecified atom stereocenters. The molecule has 0 aliphatic rings. The van der Waals surface area contributed by atoms with Gasteiger partial charge >= 0.3 is 0 Å². The van der Waals surface area contributed by atoms with Crippen molar-refractivity contribution >= 4 is 21.8 Å². The molecule has 5 rings (SSSR count). The maximum absolute atomic E-state index is 9.08. The van der Waals surface area contributed by atoms with Gasteiger partial charge in [-0.25, -0.2) is 0 Å². The Kier molecular flexibility index (Phi) is 2.70. The van der Waals surface area contributed by atoms with Crippen molar-refractivity contribution in [3.63, 3.8) is 0 Å². The van der Waals surface area contributed by atoms with Crippen LogP contribution in [-0.4, -0.2) is 9.13 Å². The Morgan fingerprint density at radius 2 is 0.906 bits per heavy atom. The van der Waals surface area contributed by atoms with Crippen LogP contribution in [-0.2, 0) is 10.8 Å². The fraction of sp³-hybridized carbons (Fsp3) is 0.267. The van der Waals surface area contributed by atoms with Crippen LogP contribution >= 0.6 is 0 Å². The summed E-state index contributed by atoms with van der Waals surface area (Å²) < 4.78 is 88.8. The summed E-state index contributed by atoms with van der Waals surface area (Å²) in [6.07, 6.45) is 0.1000. The molecule has 2 heteroatoms. The SMILES string of the molecule is [2H]c1c([2H])c([2H])c2c(c1[2H])c(C(C)(C)C)c([2H])n2-c1ccc(-n2c([2H])c(C(C)(C)C)c3c([2H])c([2H])c([2H])c([2H])c32)cc1. The molecule has 0 atom stereocenters. The van der Waals surface area contributed by atoms with E-state index in [4.69, 9.17) is 13.7 Å². The highest BCUT2D eigenvalue weighted by molar-refractivity contribution is 5.88. The zero-order valence-corrected chi connectivity index (χ0v) is 19.2. The minimum absolute atomic E-state index is 0.0500. The lowest BCUT2D eigenvalue weighted by molar-refractivity contribution is 0.594. The number of hydrogen-bond acceptors (Lipinski definition) is 0. The lowest BCUT2D eigenvalue weighted by Gasteiger charge is -2.17. The van der Waals surface area contributed by atoms with Gasteiger partial charge in [-0.05, 0) is 58.3 Å². The highest BCUT2D eigenvalue weighted by atomic mass is 15.0. The molecular weight excluding hydrogens is 388 g/mol. The lowest BCUT2D eigenvalue weighted by Crippen LogP contribution is -2.10. The number of hydrogen-bond donors (Lipinski definition) is 0. The molecule has 0 saturated carbocycles. The van der Waals surface area contributed by atoms with Gasteiger partial charge in [-0.15, -0.1) is 0 Å². The number of aromatic nitrogens is 2. The molecule has 0 saturated heterocycles. The van der Waals surface area contributed by atoms with Crippen molar-refractivity contribution in [1.82, 2.24) is 9.13 Å². The predicted octanol–water partition coefficient (Wildman–Crippen LogP) is 8.17. The highest BCUT2D eigenvalue weighted by Gasteiger charge is 2.22. The summed E-state index contributed by atoms with van der Waals surface area (Å²) in [7, 11) is 0. The molecule has 0 spiro atoms. The minimum atomic E-state index is -0.588. The fourth-order valence-corrected chi connectivity index (χ4v) is 3.98. The van der Waals surface area contributed by atoms with Crippen LogP contribution in [0.4, 0.5) is 0 Å². The van der Waals surface area contributed by atoms with Gasteiger partial charge in [-0.3, -0.25) is 0 Å². The van der Waals surface area contributed by atoms with Gasteiger partial charge in [0, 0.05) is 34.5 Å². The van der Waals surface area contributed by atoms with E-state index < -0.39 is 10.8 Å². The molecule has 5 aromatic rings. The molecule has 162 valence electrons. The third kappa shape index (κ3) is 3.35. The topological polar surface area (TPSA) is 9.86 Å². The predicted molar refractivity (Wildman–Crippen MR) is 138 cm³/mol. The first-order chi connectivity index (χ1) is 19.3. The van der Waals surface area contributed by atoms with Crippen molar-refractivity contribution in [1.29, 1.82) is 0 Å². The Bertz CT molecular complexity index is 1790. The number of fused-ring (bicyclic) bond motifs is 2. The number of rotatable bonds is 2. The van der Waals surface area contributed by atoms with Gasteiger partial charge in [0.25, 0.3) is 0 Å². The van der Waals surface area contributed by atoms with Crippen LogP contribution in [0.3, 0.4) is 0 Å². The fourth-order valence-electron chi connectivity index (χ4n) is 3.98. The van der Waals surface area contributed by atoms with Crippen LogP contribution in [0.5, 0.6) is 0 Å². The molecule has 0 amide bonds. The molecule has 0 bridgehead atoms. The van der Waals surface area contributed by atoms with Gasteiger partial charge in [-0.1, -0.05) is 77.8 Å². The summed E-state index contributed by atoms with van der Waals surface area (Å²) in [5.41, 5.74) is 1.21. The molecule has 0 N–H and O–H groups in total. The summed E-state index contributed by atoms with van der Waals surface area (Å²) in [6, 6.07) is 4.41. The third-order valence-electron chi connectivity index (χ3n) is 5.60. The van der Waals surface area contributed by atoms with E-state index in [1.807, 2.05) is 41.5 Å². The highest BCUT2D eigenvalue weighted by Crippen LogP contribution is 2.35. The van der Waals surface area contributed by atoms with Crippen molar-refractivity contribution in [2.75, 3.05) is 0 Å². The second kappa shape index (κ2) is 7.13. The van der Waals surface area contributed by atoms with Gasteiger partial charge in [-0.2, -0.15) is 0 Å². The quantitative estimate of drug-likeness (QED) is 0.267. The van der Waals surface area contributed by atoms with E-state index >= 15 is 0 Å². The largest absolute Gasteiger partial charge is 0.316 e. The Balaban J connectivity index is 1.83. The molecule has 0 aliphatic carbocycles. The second-order valence-electron chi connectivity index (χ2n) is 10.1. The first-order valence-electron chi connectivity index (χ1n) is 15.7. The van der Waals surface area contributed by atoms with Crippen molar-refractivity contribution in [3.05, 3.63) is 96.1 Å². The molecule has 0 radical (unpaired) electrons. The molecule has 2 aromatic heterocycles. The minimum Gasteiger partial charge on any atom is -0.316 e. The van der Waals surface area contributed by atoms with E-state index in [1.165, 1.54) is 9.13 Å². The van der Waals surface area contributed by atoms with Crippen LogP contribution in [0.2, 0.25) is 0 Å². The van der Waals surface area contributed by atoms with Crippen LogP contribution in [0.25, 0.3) is 33.2 Å². The Morgan fingerprint density at radius 3 is 1.25 bits per heavy atom. The van der Waals surface area contributed by atoms with E-state index in [9.17, 15) is 0 Å². The van der Waals surface area contributed by atoms with Crippen LogP contribution in [0.1, 0.15) is 66.4 Å². The van der Waals surface area contributed by atoms with Gasteiger partial charge in [0.1, 0.15) is 0 Å². The van der Waals surface area contributed by atoms with E-state index in [2.05, 4.69) is 0 Å². The third-order valence-corrected chi connectivity index (χ3v) is 5.60. The van der Waals surface area contributed by atoms with Crippen molar-refractivity contribution in [2.24, 2.45) is 0 Å². The zero-order valence-electron chi connectivity index (χ0n) is 29.2. The van der Waals surface area contributed by atoms with Gasteiger partial charge in [0.2, 0.25) is 0 Å². The van der Waals surface area contributed by atoms with Crippen molar-refractivity contribution in [2.45, 2.75) is 52.4 Å². The molecule has 0 aliphatic heterocycles. The summed E-state index contributed by atoms with van der Waals surface area (Å²) in [5, 5.41) is 0.608. The average molecular weight is 431 g/mol. The number of benzene rings is 3. The Labute approximate surface area is 205 Å². The Morgan fingerprint density at radius 1 is 0.562 bits per heavy atom. The first kappa shape index (κ1) is 12.1. The van der Waals surface area contributed by atoms with E-state index in [-0.39, 0.29) is 71.7 Å². The summed E-state index contributed by atoms with van der Waals surface area (Å²) in [5.74, 6) is 0. The molecule has 2 nitrogen and oxygen atoms in total. The number of nitrogens with zero attached hydrogens (tertiary/aromatic N) is 2. The van der Waals surface area contributed by atoms with Gasteiger partial charge < -0.3 is 9.13 Å². The van der Waals surface area contributed by atoms with E-state index in [0.29, 0.717) is 33.3 Å². The summed E-state index contributed by atoms with van der Waals surface area (Å²) >= 11 is 0.